The summed E-state index contributed by atoms with van der Waals surface area (Å²) in [5.41, 5.74) is 1.48. The minimum absolute atomic E-state index is 0.0829. The van der Waals surface area contributed by atoms with Crippen LogP contribution in [0.25, 0.3) is 5.76 Å². The predicted molar refractivity (Wildman–Crippen MR) is 119 cm³/mol. The Morgan fingerprint density at radius 1 is 0.879 bits per heavy atom. The van der Waals surface area contributed by atoms with E-state index in [2.05, 4.69) is 0 Å². The van der Waals surface area contributed by atoms with Crippen LogP contribution in [0.3, 0.4) is 0 Å². The van der Waals surface area contributed by atoms with Crippen molar-refractivity contribution in [1.29, 1.82) is 0 Å². The first-order valence-corrected chi connectivity index (χ1v) is 10.2. The molecule has 1 fully saturated rings. The number of anilines is 1. The van der Waals surface area contributed by atoms with Crippen LogP contribution in [0, 0.1) is 13.8 Å². The summed E-state index contributed by atoms with van der Waals surface area (Å²) in [6.45, 7) is 3.72. The van der Waals surface area contributed by atoms with Crippen LogP contribution in [0.4, 0.5) is 18.9 Å². The summed E-state index contributed by atoms with van der Waals surface area (Å²) < 4.78 is 40.0. The Balaban J connectivity index is 1.94. The third-order valence-electron chi connectivity index (χ3n) is 5.61. The molecule has 1 heterocycles. The van der Waals surface area contributed by atoms with Gasteiger partial charge < -0.3 is 5.11 Å². The summed E-state index contributed by atoms with van der Waals surface area (Å²) in [5, 5.41) is 11.0. The molecule has 33 heavy (non-hydrogen) atoms. The monoisotopic (exact) mass is 451 g/mol. The second-order valence-electron chi connectivity index (χ2n) is 7.99. The normalized spacial score (nSPS) is 18.1. The zero-order valence-corrected chi connectivity index (χ0v) is 17.9. The molecule has 4 rings (SSSR count). The molecular formula is C26H20F3NO3. The van der Waals surface area contributed by atoms with Crippen molar-refractivity contribution in [2.75, 3.05) is 4.90 Å². The first-order valence-electron chi connectivity index (χ1n) is 10.2. The number of amides is 1. The second kappa shape index (κ2) is 8.24. The number of aliphatic hydroxyl groups is 1. The Bertz CT molecular complexity index is 1260. The Labute approximate surface area is 188 Å². The number of carbonyl (C=O) groups excluding carboxylic acids is 2. The van der Waals surface area contributed by atoms with Crippen molar-refractivity contribution < 1.29 is 27.9 Å². The molecule has 0 aliphatic carbocycles. The van der Waals surface area contributed by atoms with Crippen molar-refractivity contribution >= 4 is 23.1 Å². The standard InChI is InChI=1S/C26H20F3NO3/c1-15-6-10-17(11-7-15)22-21(23(31)18-12-8-16(2)9-13-18)24(32)25(33)30(22)20-5-3-4-19(14-20)26(27,28)29/h3-14,22,31H,1-2H3/b23-21+. The molecule has 0 aromatic heterocycles. The van der Waals surface area contributed by atoms with Gasteiger partial charge in [-0.1, -0.05) is 65.7 Å². The van der Waals surface area contributed by atoms with E-state index in [0.717, 1.165) is 28.2 Å². The SMILES string of the molecule is Cc1ccc(/C(O)=C2\C(=O)C(=O)N(c3cccc(C(F)(F)F)c3)C2c2ccc(C)cc2)cc1. The number of ketones is 1. The lowest BCUT2D eigenvalue weighted by atomic mass is 9.94. The van der Waals surface area contributed by atoms with Crippen molar-refractivity contribution in [3.8, 4) is 0 Å². The third kappa shape index (κ3) is 4.14. The number of aryl methyl sites for hydroxylation is 2. The largest absolute Gasteiger partial charge is 0.507 e. The van der Waals surface area contributed by atoms with E-state index in [1.807, 2.05) is 13.8 Å². The Morgan fingerprint density at radius 3 is 2.03 bits per heavy atom. The summed E-state index contributed by atoms with van der Waals surface area (Å²) in [6, 6.07) is 16.8. The minimum Gasteiger partial charge on any atom is -0.507 e. The highest BCUT2D eigenvalue weighted by Crippen LogP contribution is 2.43. The molecule has 3 aromatic rings. The maximum absolute atomic E-state index is 13.3. The van der Waals surface area contributed by atoms with Gasteiger partial charge in [0.15, 0.2) is 0 Å². The van der Waals surface area contributed by atoms with Gasteiger partial charge >= 0.3 is 6.18 Å². The van der Waals surface area contributed by atoms with E-state index in [0.29, 0.717) is 11.1 Å². The van der Waals surface area contributed by atoms with Crippen molar-refractivity contribution in [2.24, 2.45) is 0 Å². The van der Waals surface area contributed by atoms with Gasteiger partial charge in [-0.05, 0) is 37.6 Å². The molecule has 4 nitrogen and oxygen atoms in total. The molecule has 168 valence electrons. The zero-order valence-electron chi connectivity index (χ0n) is 17.9. The molecule has 1 unspecified atom stereocenters. The highest BCUT2D eigenvalue weighted by atomic mass is 19.4. The molecular weight excluding hydrogens is 431 g/mol. The van der Waals surface area contributed by atoms with Gasteiger partial charge in [-0.2, -0.15) is 13.2 Å². The molecule has 1 aliphatic heterocycles. The van der Waals surface area contributed by atoms with Crippen LogP contribution in [-0.2, 0) is 15.8 Å². The lowest BCUT2D eigenvalue weighted by Crippen LogP contribution is -2.29. The van der Waals surface area contributed by atoms with Crippen LogP contribution in [0.1, 0.15) is 33.9 Å². The van der Waals surface area contributed by atoms with Gasteiger partial charge in [0.1, 0.15) is 5.76 Å². The van der Waals surface area contributed by atoms with Crippen LogP contribution in [0.5, 0.6) is 0 Å². The zero-order chi connectivity index (χ0) is 23.9. The fourth-order valence-electron chi connectivity index (χ4n) is 3.86. The van der Waals surface area contributed by atoms with Crippen molar-refractivity contribution in [2.45, 2.75) is 26.1 Å². The summed E-state index contributed by atoms with van der Waals surface area (Å²) in [4.78, 5) is 27.2. The van der Waals surface area contributed by atoms with Crippen molar-refractivity contribution in [3.05, 3.63) is 106 Å². The van der Waals surface area contributed by atoms with Gasteiger partial charge in [0, 0.05) is 11.3 Å². The highest BCUT2D eigenvalue weighted by molar-refractivity contribution is 6.51. The molecule has 1 aliphatic rings. The lowest BCUT2D eigenvalue weighted by Gasteiger charge is -2.26. The summed E-state index contributed by atoms with van der Waals surface area (Å²) in [7, 11) is 0. The molecule has 1 atom stereocenters. The van der Waals surface area contributed by atoms with Crippen LogP contribution >= 0.6 is 0 Å². The van der Waals surface area contributed by atoms with E-state index in [4.69, 9.17) is 0 Å². The van der Waals surface area contributed by atoms with Gasteiger partial charge in [0.2, 0.25) is 0 Å². The molecule has 3 aromatic carbocycles. The van der Waals surface area contributed by atoms with Gasteiger partial charge in [0.25, 0.3) is 11.7 Å². The Hall–Kier alpha value is -3.87. The predicted octanol–water partition coefficient (Wildman–Crippen LogP) is 5.95. The quantitative estimate of drug-likeness (QED) is 0.304. The van der Waals surface area contributed by atoms with Crippen LogP contribution in [0.2, 0.25) is 0 Å². The van der Waals surface area contributed by atoms with Gasteiger partial charge in [-0.25, -0.2) is 0 Å². The Morgan fingerprint density at radius 2 is 1.45 bits per heavy atom. The number of hydrogen-bond acceptors (Lipinski definition) is 3. The third-order valence-corrected chi connectivity index (χ3v) is 5.61. The summed E-state index contributed by atoms with van der Waals surface area (Å²) in [5.74, 6) is -2.35. The van der Waals surface area contributed by atoms with E-state index >= 15 is 0 Å². The molecule has 0 spiro atoms. The van der Waals surface area contributed by atoms with Gasteiger partial charge in [-0.15, -0.1) is 0 Å². The topological polar surface area (TPSA) is 57.6 Å². The number of halogens is 3. The fourth-order valence-corrected chi connectivity index (χ4v) is 3.86. The number of carbonyl (C=O) groups is 2. The summed E-state index contributed by atoms with van der Waals surface area (Å²) in [6.07, 6.45) is -4.62. The van der Waals surface area contributed by atoms with Crippen molar-refractivity contribution in [1.82, 2.24) is 0 Å². The Kier molecular flexibility index (Phi) is 5.57. The maximum Gasteiger partial charge on any atom is 0.416 e. The fraction of sp³-hybridized carbons (Fsp3) is 0.154. The van der Waals surface area contributed by atoms with E-state index in [1.165, 1.54) is 12.1 Å². The molecule has 0 radical (unpaired) electrons. The van der Waals surface area contributed by atoms with E-state index in [9.17, 15) is 27.9 Å². The van der Waals surface area contributed by atoms with E-state index < -0.39 is 29.5 Å². The maximum atomic E-state index is 13.3. The molecule has 1 amide bonds. The minimum atomic E-state index is -4.62. The van der Waals surface area contributed by atoms with Crippen LogP contribution in [-0.4, -0.2) is 16.8 Å². The van der Waals surface area contributed by atoms with Gasteiger partial charge in [-0.3, -0.25) is 14.5 Å². The first-order chi connectivity index (χ1) is 15.6. The highest BCUT2D eigenvalue weighted by Gasteiger charge is 2.47. The molecule has 1 N–H and O–H groups in total. The average Bonchev–Trinajstić information content (AvgIpc) is 3.04. The average molecular weight is 451 g/mol. The summed E-state index contributed by atoms with van der Waals surface area (Å²) >= 11 is 0. The number of aliphatic hydroxyl groups excluding tert-OH is 1. The van der Waals surface area contributed by atoms with Gasteiger partial charge in [0.05, 0.1) is 17.2 Å². The molecule has 0 bridgehead atoms. The molecule has 7 heteroatoms. The molecule has 0 saturated carbocycles. The molecule has 1 saturated heterocycles. The smallest absolute Gasteiger partial charge is 0.416 e. The number of alkyl halides is 3. The van der Waals surface area contributed by atoms with E-state index in [1.54, 1.807) is 48.5 Å². The number of Topliss-reactive ketones (excluding diaryl/α,β-unsaturated/α-hetero) is 1. The number of rotatable bonds is 3. The number of nitrogens with zero attached hydrogens (tertiary/aromatic N) is 1. The van der Waals surface area contributed by atoms with Crippen LogP contribution in [0.15, 0.2) is 78.4 Å². The lowest BCUT2D eigenvalue weighted by molar-refractivity contribution is -0.137. The van der Waals surface area contributed by atoms with Crippen molar-refractivity contribution in [3.63, 3.8) is 0 Å². The van der Waals surface area contributed by atoms with Crippen LogP contribution < -0.4 is 4.90 Å². The second-order valence-corrected chi connectivity index (χ2v) is 7.99. The first kappa shape index (κ1) is 22.3. The number of benzene rings is 3. The van der Waals surface area contributed by atoms with E-state index in [-0.39, 0.29) is 17.0 Å². The number of hydrogen-bond donors (Lipinski definition) is 1.